The fourth-order valence-electron chi connectivity index (χ4n) is 8.50. The molecule has 21 heteroatoms. The molecule has 1 amide bonds. The van der Waals surface area contributed by atoms with E-state index in [2.05, 4.69) is 34.5 Å². The number of hydrogen-bond acceptors (Lipinski definition) is 14. The average molecular weight is 1000 g/mol. The van der Waals surface area contributed by atoms with Crippen LogP contribution in [0.1, 0.15) is 64.1 Å². The lowest BCUT2D eigenvalue weighted by Crippen LogP contribution is -2.41. The number of aliphatic carboxylic acids is 1. The van der Waals surface area contributed by atoms with E-state index >= 15 is 0 Å². The van der Waals surface area contributed by atoms with Gasteiger partial charge in [0, 0.05) is 58.0 Å². The zero-order chi connectivity index (χ0) is 48.7. The first-order valence-corrected chi connectivity index (χ1v) is 25.3. The lowest BCUT2D eigenvalue weighted by Gasteiger charge is -2.31. The summed E-state index contributed by atoms with van der Waals surface area (Å²) in [5, 5.41) is 27.0. The highest BCUT2D eigenvalue weighted by molar-refractivity contribution is 7.89. The number of hydrogen-bond donors (Lipinski definition) is 2. The van der Waals surface area contributed by atoms with Gasteiger partial charge in [-0.25, -0.2) is 12.9 Å². The van der Waals surface area contributed by atoms with Gasteiger partial charge in [-0.3, -0.25) is 19.1 Å². The van der Waals surface area contributed by atoms with Crippen molar-refractivity contribution in [3.63, 3.8) is 0 Å². The highest BCUT2D eigenvalue weighted by Crippen LogP contribution is 2.41. The number of nitrogens with one attached hydrogen (secondary N) is 1. The molecule has 0 spiro atoms. The maximum atomic E-state index is 14.1. The van der Waals surface area contributed by atoms with Crippen molar-refractivity contribution in [1.29, 1.82) is 0 Å². The van der Waals surface area contributed by atoms with Crippen LogP contribution >= 0.6 is 22.9 Å². The van der Waals surface area contributed by atoms with Gasteiger partial charge in [-0.15, -0.1) is 21.5 Å². The number of piperidine rings is 1. The SMILES string of the molecule is COc1cccc(S(=O)(=O)N2CCC(OCCOCCOCCOCCNC(=O)C[C@@H]3N=C(c4ccc(Cl)cc4)c4c(sc(C)c4C)-n4c(C)nnc43)CC2)c1-c1ccn2ncc(CC(=O)O)c2c1. The number of sulfonamides is 1. The van der Waals surface area contributed by atoms with Gasteiger partial charge >= 0.3 is 5.97 Å². The topological polar surface area (TPSA) is 210 Å². The van der Waals surface area contributed by atoms with E-state index in [1.54, 1.807) is 52.4 Å². The number of fused-ring (bicyclic) bond motifs is 4. The van der Waals surface area contributed by atoms with Crippen molar-refractivity contribution in [3.8, 4) is 21.9 Å². The van der Waals surface area contributed by atoms with Crippen LogP contribution < -0.4 is 10.1 Å². The second kappa shape index (κ2) is 22.4. The van der Waals surface area contributed by atoms with E-state index in [0.717, 1.165) is 33.2 Å². The Bertz CT molecular complexity index is 2930. The monoisotopic (exact) mass is 1000 g/mol. The van der Waals surface area contributed by atoms with Crippen LogP contribution in [0.15, 0.2) is 76.9 Å². The van der Waals surface area contributed by atoms with Gasteiger partial charge < -0.3 is 34.1 Å². The molecule has 4 aromatic heterocycles. The molecule has 0 bridgehead atoms. The smallest absolute Gasteiger partial charge is 0.307 e. The van der Waals surface area contributed by atoms with Crippen LogP contribution in [0.25, 0.3) is 21.6 Å². The maximum absolute atomic E-state index is 14.1. The quantitative estimate of drug-likeness (QED) is 0.0730. The number of carbonyl (C=O) groups is 2. The number of carbonyl (C=O) groups excluding carboxylic acids is 1. The highest BCUT2D eigenvalue weighted by Gasteiger charge is 2.34. The summed E-state index contributed by atoms with van der Waals surface area (Å²) in [4.78, 5) is 31.1. The number of carboxylic acid groups (broad SMARTS) is 1. The second-order valence-corrected chi connectivity index (χ2v) is 20.1. The number of methoxy groups -OCH3 is 1. The van der Waals surface area contributed by atoms with Crippen LogP contribution in [0.2, 0.25) is 5.02 Å². The first-order valence-electron chi connectivity index (χ1n) is 22.7. The van der Waals surface area contributed by atoms with Crippen molar-refractivity contribution in [3.05, 3.63) is 111 Å². The van der Waals surface area contributed by atoms with Gasteiger partial charge in [-0.1, -0.05) is 29.8 Å². The van der Waals surface area contributed by atoms with Crippen molar-refractivity contribution in [1.82, 2.24) is 34.0 Å². The third-order valence-corrected chi connectivity index (χ3v) is 15.5. The van der Waals surface area contributed by atoms with Crippen molar-refractivity contribution in [2.75, 3.05) is 73.0 Å². The van der Waals surface area contributed by atoms with Crippen LogP contribution in [-0.4, -0.2) is 139 Å². The summed E-state index contributed by atoms with van der Waals surface area (Å²) in [5.74, 6) is 0.552. The Morgan fingerprint density at radius 1 is 0.899 bits per heavy atom. The number of carboxylic acids is 1. The van der Waals surface area contributed by atoms with Crippen LogP contribution in [-0.2, 0) is 45.0 Å². The number of halogens is 1. The molecule has 2 aliphatic rings. The molecule has 0 unspecified atom stereocenters. The number of aliphatic imine (C=N–C) groups is 1. The van der Waals surface area contributed by atoms with Crippen molar-refractivity contribution < 1.29 is 46.8 Å². The summed E-state index contributed by atoms with van der Waals surface area (Å²) in [6.45, 7) is 9.46. The largest absolute Gasteiger partial charge is 0.496 e. The standard InChI is InChI=1S/C48H55ClN8O10S2/c1-30-31(2)68-48-44(30)46(33-8-10-36(49)11-9-33)52-38(47-54-53-32(3)57(47)48)28-42(58)50-15-19-64-20-21-65-22-23-66-24-25-67-37-13-16-55(17-14-37)69(61,62)41-7-5-6-40(63-4)45(41)34-12-18-56-39(26-34)35(29-51-56)27-43(59)60/h5-12,18,26,29,37-38H,13-17,19-25,27-28H2,1-4H3,(H,50,58)(H,59,60)/t38-/m0/s1. The molecular weight excluding hydrogens is 948 g/mol. The van der Waals surface area contributed by atoms with Crippen LogP contribution in [0.3, 0.4) is 0 Å². The number of nitrogens with zero attached hydrogens (tertiary/aromatic N) is 7. The van der Waals surface area contributed by atoms with Crippen LogP contribution in [0, 0.1) is 20.8 Å². The first kappa shape index (κ1) is 49.8. The Labute approximate surface area is 409 Å². The van der Waals surface area contributed by atoms with Gasteiger partial charge in [-0.05, 0) is 81.1 Å². The molecule has 0 aliphatic carbocycles. The number of thiophene rings is 1. The number of pyridine rings is 1. The summed E-state index contributed by atoms with van der Waals surface area (Å²) in [6, 6.07) is 15.4. The summed E-state index contributed by atoms with van der Waals surface area (Å²) in [6.07, 6.45) is 3.96. The molecule has 18 nitrogen and oxygen atoms in total. The summed E-state index contributed by atoms with van der Waals surface area (Å²) in [7, 11) is -2.46. The van der Waals surface area contributed by atoms with Crippen LogP contribution in [0.4, 0.5) is 0 Å². The van der Waals surface area contributed by atoms with Crippen molar-refractivity contribution in [2.24, 2.45) is 4.99 Å². The summed E-state index contributed by atoms with van der Waals surface area (Å²) in [5.41, 5.74) is 5.86. The number of aromatic nitrogens is 5. The summed E-state index contributed by atoms with van der Waals surface area (Å²) < 4.78 is 62.0. The molecule has 2 aromatic carbocycles. The third-order valence-electron chi connectivity index (χ3n) is 12.1. The molecule has 366 valence electrons. The van der Waals surface area contributed by atoms with Gasteiger partial charge in [0.25, 0.3) is 0 Å². The lowest BCUT2D eigenvalue weighted by atomic mass is 9.99. The Hall–Kier alpha value is -5.58. The van der Waals surface area contributed by atoms with Gasteiger partial charge in [0.15, 0.2) is 5.82 Å². The van der Waals surface area contributed by atoms with Crippen molar-refractivity contribution >= 4 is 56.1 Å². The molecule has 0 saturated carbocycles. The zero-order valence-electron chi connectivity index (χ0n) is 38.9. The van der Waals surface area contributed by atoms with Gasteiger partial charge in [-0.2, -0.15) is 9.40 Å². The number of benzene rings is 2. The Morgan fingerprint density at radius 3 is 2.32 bits per heavy atom. The predicted octanol–water partition coefficient (Wildman–Crippen LogP) is 6.18. The molecule has 2 aliphatic heterocycles. The van der Waals surface area contributed by atoms with Gasteiger partial charge in [0.2, 0.25) is 15.9 Å². The minimum absolute atomic E-state index is 0.0839. The van der Waals surface area contributed by atoms with E-state index < -0.39 is 22.0 Å². The van der Waals surface area contributed by atoms with Crippen molar-refractivity contribution in [2.45, 2.75) is 63.5 Å². The molecule has 1 saturated heterocycles. The molecule has 6 heterocycles. The zero-order valence-corrected chi connectivity index (χ0v) is 41.2. The predicted molar refractivity (Wildman–Crippen MR) is 260 cm³/mol. The highest BCUT2D eigenvalue weighted by atomic mass is 35.5. The molecule has 69 heavy (non-hydrogen) atoms. The minimum atomic E-state index is -3.94. The fraction of sp³-hybridized carbons (Fsp3) is 0.417. The number of ether oxygens (including phenoxy) is 5. The van der Waals surface area contributed by atoms with E-state index in [4.69, 9.17) is 40.3 Å². The average Bonchev–Trinajstić information content (AvgIpc) is 3.99. The number of rotatable bonds is 22. The molecule has 1 atom stereocenters. The van der Waals surface area contributed by atoms with E-state index in [1.807, 2.05) is 35.8 Å². The van der Waals surface area contributed by atoms with E-state index in [1.165, 1.54) is 22.5 Å². The Kier molecular flexibility index (Phi) is 16.2. The minimum Gasteiger partial charge on any atom is -0.496 e. The first-order chi connectivity index (χ1) is 33.3. The van der Waals surface area contributed by atoms with Gasteiger partial charge in [0.05, 0.1) is 94.6 Å². The molecular formula is C48H55ClN8O10S2. The molecule has 2 N–H and O–H groups in total. The molecule has 6 aromatic rings. The van der Waals surface area contributed by atoms with E-state index in [9.17, 15) is 23.1 Å². The van der Waals surface area contributed by atoms with Crippen LogP contribution in [0.5, 0.6) is 5.75 Å². The normalized spacial score (nSPS) is 15.4. The Morgan fingerprint density at radius 2 is 1.61 bits per heavy atom. The van der Waals surface area contributed by atoms with E-state index in [0.29, 0.717) is 104 Å². The molecule has 1 fully saturated rings. The third kappa shape index (κ3) is 11.4. The Balaban J connectivity index is 0.714. The van der Waals surface area contributed by atoms with Gasteiger partial charge in [0.1, 0.15) is 22.6 Å². The van der Waals surface area contributed by atoms with E-state index in [-0.39, 0.29) is 42.8 Å². The summed E-state index contributed by atoms with van der Waals surface area (Å²) >= 11 is 7.89. The molecule has 0 radical (unpaired) electrons. The fourth-order valence-corrected chi connectivity index (χ4v) is 11.5. The number of aryl methyl sites for hydroxylation is 2. The number of amides is 1. The lowest BCUT2D eigenvalue weighted by molar-refractivity contribution is -0.136. The molecule has 8 rings (SSSR count). The second-order valence-electron chi connectivity index (χ2n) is 16.6. The maximum Gasteiger partial charge on any atom is 0.307 e.